The van der Waals surface area contributed by atoms with Crippen LogP contribution in [-0.2, 0) is 9.84 Å². The first-order valence-corrected chi connectivity index (χ1v) is 15.1. The summed E-state index contributed by atoms with van der Waals surface area (Å²) in [6.45, 7) is 12.6. The molecule has 3 rings (SSSR count). The van der Waals surface area contributed by atoms with E-state index in [2.05, 4.69) is 33.9 Å². The Morgan fingerprint density at radius 1 is 1.06 bits per heavy atom. The van der Waals surface area contributed by atoms with Crippen LogP contribution in [0.15, 0.2) is 29.2 Å². The fourth-order valence-corrected chi connectivity index (χ4v) is 6.28. The Balaban J connectivity index is 1.98. The molecule has 4 nitrogen and oxygen atoms in total. The van der Waals surface area contributed by atoms with Crippen LogP contribution in [0.5, 0.6) is 5.75 Å². The van der Waals surface area contributed by atoms with Crippen molar-refractivity contribution in [2.24, 2.45) is 0 Å². The molecular weight excluding hydrogens is 477 g/mol. The van der Waals surface area contributed by atoms with Crippen LogP contribution in [0.3, 0.4) is 0 Å². The van der Waals surface area contributed by atoms with E-state index in [1.54, 1.807) is 6.07 Å². The van der Waals surface area contributed by atoms with Gasteiger partial charge in [-0.15, -0.1) is 11.3 Å². The number of halogens is 3. The van der Waals surface area contributed by atoms with Crippen molar-refractivity contribution in [3.8, 4) is 16.2 Å². The van der Waals surface area contributed by atoms with Crippen LogP contribution in [0.4, 0.5) is 13.2 Å². The van der Waals surface area contributed by atoms with Gasteiger partial charge in [0.15, 0.2) is 5.78 Å². The highest BCUT2D eigenvalue weighted by atomic mass is 32.2. The third-order valence-electron chi connectivity index (χ3n) is 5.98. The molecule has 1 heterocycles. The number of Topliss-reactive ketones (excluding diaryl/α,β-unsaturated/α-hetero) is 1. The molecule has 0 atom stereocenters. The van der Waals surface area contributed by atoms with Crippen molar-refractivity contribution in [1.29, 1.82) is 0 Å². The maximum Gasteiger partial charge on any atom is 0.501 e. The number of carbonyl (C=O) groups is 1. The van der Waals surface area contributed by atoms with Crippen molar-refractivity contribution in [1.82, 2.24) is 0 Å². The van der Waals surface area contributed by atoms with E-state index in [4.69, 9.17) is 4.43 Å². The topological polar surface area (TPSA) is 60.4 Å². The SMILES string of the molecule is Cc1cc(O[Si](C)(C)C(C)(C)C)ccc1-c1cc2c(s1)C=C(S(=O)(=O)C(F)(F)F)CC2=O. The number of ketones is 1. The molecule has 0 bridgehead atoms. The number of sulfone groups is 1. The van der Waals surface area contributed by atoms with Crippen molar-refractivity contribution in [3.05, 3.63) is 45.2 Å². The van der Waals surface area contributed by atoms with Crippen molar-refractivity contribution >= 4 is 41.4 Å². The molecule has 0 saturated heterocycles. The van der Waals surface area contributed by atoms with Gasteiger partial charge in [-0.05, 0) is 66.5 Å². The highest BCUT2D eigenvalue weighted by Crippen LogP contribution is 2.43. The number of rotatable bonds is 4. The Bertz CT molecular complexity index is 1220. The standard InChI is InChI=1S/C22H25F3O4S2Si/c1-13-9-14(29-32(5,6)21(2,3)4)7-8-16(13)20-12-17-18(26)10-15(11-19(17)30-20)31(27,28)22(23,24)25/h7-9,11-12H,10H2,1-6H3. The number of hydrogen-bond acceptors (Lipinski definition) is 5. The molecular formula is C22H25F3O4S2Si. The molecule has 0 saturated carbocycles. The van der Waals surface area contributed by atoms with Gasteiger partial charge < -0.3 is 4.43 Å². The average Bonchev–Trinajstić information content (AvgIpc) is 3.04. The molecule has 1 aliphatic rings. The predicted octanol–water partition coefficient (Wildman–Crippen LogP) is 6.97. The van der Waals surface area contributed by atoms with E-state index in [-0.39, 0.29) is 15.5 Å². The van der Waals surface area contributed by atoms with Crippen LogP contribution in [-0.4, -0.2) is 28.0 Å². The molecule has 2 aromatic rings. The highest BCUT2D eigenvalue weighted by Gasteiger charge is 2.49. The van der Waals surface area contributed by atoms with E-state index in [9.17, 15) is 26.4 Å². The lowest BCUT2D eigenvalue weighted by atomic mass is 10.0. The molecule has 0 unspecified atom stereocenters. The lowest BCUT2D eigenvalue weighted by Crippen LogP contribution is -2.43. The first kappa shape index (κ1) is 24.7. The Morgan fingerprint density at radius 2 is 1.69 bits per heavy atom. The fraction of sp³-hybridized carbons (Fsp3) is 0.409. The zero-order chi connectivity index (χ0) is 24.3. The molecule has 174 valence electrons. The van der Waals surface area contributed by atoms with Crippen molar-refractivity contribution in [2.75, 3.05) is 0 Å². The smallest absolute Gasteiger partial charge is 0.501 e. The van der Waals surface area contributed by atoms with Crippen molar-refractivity contribution in [3.63, 3.8) is 0 Å². The van der Waals surface area contributed by atoms with Crippen LogP contribution in [0, 0.1) is 6.92 Å². The monoisotopic (exact) mass is 502 g/mol. The number of fused-ring (bicyclic) bond motifs is 1. The van der Waals surface area contributed by atoms with Crippen LogP contribution in [0.2, 0.25) is 18.1 Å². The van der Waals surface area contributed by atoms with Gasteiger partial charge in [0.1, 0.15) is 5.75 Å². The van der Waals surface area contributed by atoms with Crippen LogP contribution < -0.4 is 4.43 Å². The third kappa shape index (κ3) is 4.45. The van der Waals surface area contributed by atoms with Gasteiger partial charge in [-0.2, -0.15) is 13.2 Å². The zero-order valence-corrected chi connectivity index (χ0v) is 21.3. The molecule has 1 aromatic heterocycles. The highest BCUT2D eigenvalue weighted by molar-refractivity contribution is 7.96. The predicted molar refractivity (Wildman–Crippen MR) is 124 cm³/mol. The summed E-state index contributed by atoms with van der Waals surface area (Å²) in [5, 5.41) is 0.0353. The summed E-state index contributed by atoms with van der Waals surface area (Å²) >= 11 is 1.10. The van der Waals surface area contributed by atoms with Gasteiger partial charge in [0.25, 0.3) is 9.84 Å². The van der Waals surface area contributed by atoms with Crippen LogP contribution >= 0.6 is 11.3 Å². The zero-order valence-electron chi connectivity index (χ0n) is 18.7. The molecule has 0 N–H and O–H groups in total. The van der Waals surface area contributed by atoms with Gasteiger partial charge in [0.2, 0.25) is 8.32 Å². The van der Waals surface area contributed by atoms with Gasteiger partial charge in [-0.3, -0.25) is 4.79 Å². The van der Waals surface area contributed by atoms with Gasteiger partial charge in [0.05, 0.1) is 4.91 Å². The Morgan fingerprint density at radius 3 is 2.22 bits per heavy atom. The Labute approximate surface area is 191 Å². The number of thiophene rings is 1. The molecule has 0 aliphatic heterocycles. The van der Waals surface area contributed by atoms with Crippen LogP contribution in [0.1, 0.15) is 48.0 Å². The Kier molecular flexibility index (Phi) is 6.06. The first-order valence-electron chi connectivity index (χ1n) is 9.93. The number of hydrogen-bond donors (Lipinski definition) is 0. The van der Waals surface area contributed by atoms with Crippen LogP contribution in [0.25, 0.3) is 16.5 Å². The summed E-state index contributed by atoms with van der Waals surface area (Å²) in [5.41, 5.74) is -3.49. The van der Waals surface area contributed by atoms with Crippen molar-refractivity contribution in [2.45, 2.75) is 57.8 Å². The molecule has 10 heteroatoms. The lowest BCUT2D eigenvalue weighted by Gasteiger charge is -2.36. The molecule has 1 aromatic carbocycles. The minimum Gasteiger partial charge on any atom is -0.543 e. The minimum absolute atomic E-state index is 0.0353. The van der Waals surface area contributed by atoms with E-state index in [1.807, 2.05) is 25.1 Å². The minimum atomic E-state index is -5.54. The Hall–Kier alpha value is -1.91. The maximum absolute atomic E-state index is 12.9. The van der Waals surface area contributed by atoms with Gasteiger partial charge in [-0.25, -0.2) is 8.42 Å². The largest absolute Gasteiger partial charge is 0.543 e. The first-order chi connectivity index (χ1) is 14.4. The summed E-state index contributed by atoms with van der Waals surface area (Å²) in [5.74, 6) is 0.108. The van der Waals surface area contributed by atoms with E-state index in [0.29, 0.717) is 4.88 Å². The number of aryl methyl sites for hydroxylation is 1. The summed E-state index contributed by atoms with van der Waals surface area (Å²) in [6, 6.07) is 7.23. The summed E-state index contributed by atoms with van der Waals surface area (Å²) in [7, 11) is -7.56. The van der Waals surface area contributed by atoms with E-state index >= 15 is 0 Å². The van der Waals surface area contributed by atoms with Gasteiger partial charge >= 0.3 is 5.51 Å². The van der Waals surface area contributed by atoms with Crippen molar-refractivity contribution < 1.29 is 30.8 Å². The molecule has 0 fully saturated rings. The summed E-state index contributed by atoms with van der Waals surface area (Å²) in [4.78, 5) is 12.4. The molecule has 0 amide bonds. The normalized spacial score (nSPS) is 15.4. The number of carbonyl (C=O) groups excluding carboxylic acids is 1. The lowest BCUT2D eigenvalue weighted by molar-refractivity contribution is -0.0426. The van der Waals surface area contributed by atoms with E-state index < -0.39 is 40.8 Å². The summed E-state index contributed by atoms with van der Waals surface area (Å²) < 4.78 is 68.6. The number of allylic oxidation sites excluding steroid dienone is 1. The second-order valence-electron chi connectivity index (χ2n) is 9.39. The number of alkyl halides is 3. The second kappa shape index (κ2) is 7.84. The molecule has 0 spiro atoms. The average molecular weight is 503 g/mol. The quantitative estimate of drug-likeness (QED) is 0.424. The second-order valence-corrected chi connectivity index (χ2v) is 17.2. The maximum atomic E-state index is 12.9. The molecule has 0 radical (unpaired) electrons. The molecule has 1 aliphatic carbocycles. The molecule has 32 heavy (non-hydrogen) atoms. The number of benzene rings is 1. The third-order valence-corrected chi connectivity index (χ3v) is 13.0. The summed E-state index contributed by atoms with van der Waals surface area (Å²) in [6.07, 6.45) is 0.182. The van der Waals surface area contributed by atoms with E-state index in [1.165, 1.54) is 0 Å². The fourth-order valence-electron chi connectivity index (χ4n) is 3.06. The van der Waals surface area contributed by atoms with E-state index in [0.717, 1.165) is 34.3 Å². The van der Waals surface area contributed by atoms with Gasteiger partial charge in [0, 0.05) is 21.7 Å². The van der Waals surface area contributed by atoms with Gasteiger partial charge in [-0.1, -0.05) is 20.8 Å².